The first-order valence-electron chi connectivity index (χ1n) is 11.1. The van der Waals surface area contributed by atoms with E-state index in [0.29, 0.717) is 52.9 Å². The van der Waals surface area contributed by atoms with Crippen LogP contribution < -0.4 is 0 Å². The van der Waals surface area contributed by atoms with Crippen molar-refractivity contribution < 1.29 is 23.8 Å². The number of rotatable bonds is 8. The Morgan fingerprint density at radius 2 is 1.94 bits per heavy atom. The van der Waals surface area contributed by atoms with Crippen LogP contribution in [-0.4, -0.2) is 45.9 Å². The van der Waals surface area contributed by atoms with Gasteiger partial charge in [0.05, 0.1) is 23.5 Å². The van der Waals surface area contributed by atoms with E-state index in [1.165, 1.54) is 10.7 Å². The first-order chi connectivity index (χ1) is 15.3. The Hall–Kier alpha value is -2.49. The molecule has 0 radical (unpaired) electrons. The smallest absolute Gasteiger partial charge is 0.352 e. The number of carbonyl (C=O) groups is 1. The Kier molecular flexibility index (Phi) is 6.88. The molecular formula is C24H34FN3O4Si. The second-order valence-corrected chi connectivity index (χ2v) is 14.8. The summed E-state index contributed by atoms with van der Waals surface area (Å²) < 4.78 is 22.9. The lowest BCUT2D eigenvalue weighted by atomic mass is 9.98. The number of nitrogens with one attached hydrogen (secondary N) is 1. The molecule has 180 valence electrons. The molecule has 7 nitrogen and oxygen atoms in total. The molecular weight excluding hydrogens is 441 g/mol. The van der Waals surface area contributed by atoms with Crippen molar-refractivity contribution in [2.75, 3.05) is 6.61 Å². The van der Waals surface area contributed by atoms with Gasteiger partial charge in [-0.3, -0.25) is 4.68 Å². The average molecular weight is 476 g/mol. The number of carboxylic acids is 1. The zero-order valence-electron chi connectivity index (χ0n) is 20.5. The van der Waals surface area contributed by atoms with Gasteiger partial charge in [-0.15, -0.1) is 0 Å². The molecule has 0 spiro atoms. The molecule has 2 heterocycles. The van der Waals surface area contributed by atoms with Gasteiger partial charge in [0.15, 0.2) is 8.32 Å². The number of aliphatic hydroxyl groups excluding tert-OH is 1. The van der Waals surface area contributed by atoms with Crippen LogP contribution in [-0.2, 0) is 24.5 Å². The van der Waals surface area contributed by atoms with Gasteiger partial charge in [0.25, 0.3) is 0 Å². The van der Waals surface area contributed by atoms with Crippen LogP contribution in [0.25, 0.3) is 22.0 Å². The van der Waals surface area contributed by atoms with Crippen LogP contribution in [0.5, 0.6) is 0 Å². The second kappa shape index (κ2) is 9.04. The van der Waals surface area contributed by atoms with E-state index in [1.807, 2.05) is 0 Å². The minimum atomic E-state index is -1.90. The Labute approximate surface area is 194 Å². The van der Waals surface area contributed by atoms with Crippen molar-refractivity contribution in [1.29, 1.82) is 0 Å². The van der Waals surface area contributed by atoms with Crippen molar-refractivity contribution in [3.05, 3.63) is 40.6 Å². The summed E-state index contributed by atoms with van der Waals surface area (Å²) in [5.41, 5.74) is 2.82. The molecule has 0 saturated carbocycles. The van der Waals surface area contributed by atoms with Crippen molar-refractivity contribution in [2.45, 2.75) is 65.3 Å². The van der Waals surface area contributed by atoms with Crippen molar-refractivity contribution in [1.82, 2.24) is 14.8 Å². The number of aromatic nitrogens is 3. The Balaban J connectivity index is 2.04. The SMILES string of the molecule is Cc1nn(C)c(CO)c1-c1c(F)ccc2c(CCCO[Si](C)(C)C(C)(C)C)c(C(=O)O)[nH]c12. The third kappa shape index (κ3) is 4.62. The number of fused-ring (bicyclic) bond motifs is 1. The van der Waals surface area contributed by atoms with Gasteiger partial charge in [-0.1, -0.05) is 20.8 Å². The summed E-state index contributed by atoms with van der Waals surface area (Å²) in [5.74, 6) is -1.59. The molecule has 0 amide bonds. The van der Waals surface area contributed by atoms with Crippen LogP contribution in [0.2, 0.25) is 18.1 Å². The van der Waals surface area contributed by atoms with E-state index >= 15 is 4.39 Å². The van der Waals surface area contributed by atoms with Gasteiger partial charge in [-0.2, -0.15) is 5.10 Å². The highest BCUT2D eigenvalue weighted by molar-refractivity contribution is 6.74. The van der Waals surface area contributed by atoms with Crippen LogP contribution in [0.15, 0.2) is 12.1 Å². The van der Waals surface area contributed by atoms with E-state index in [9.17, 15) is 15.0 Å². The van der Waals surface area contributed by atoms with Crippen LogP contribution in [0.4, 0.5) is 4.39 Å². The summed E-state index contributed by atoms with van der Waals surface area (Å²) in [6.45, 7) is 12.9. The number of aromatic carboxylic acids is 1. The van der Waals surface area contributed by atoms with Crippen LogP contribution in [0, 0.1) is 12.7 Å². The number of hydrogen-bond donors (Lipinski definition) is 3. The number of carboxylic acid groups (broad SMARTS) is 1. The first-order valence-corrected chi connectivity index (χ1v) is 14.0. The Bertz CT molecular complexity index is 1190. The number of halogens is 1. The molecule has 0 fully saturated rings. The number of hydrogen-bond acceptors (Lipinski definition) is 4. The van der Waals surface area contributed by atoms with E-state index < -0.39 is 20.1 Å². The molecule has 1 aromatic carbocycles. The second-order valence-electron chi connectivity index (χ2n) is 10.0. The average Bonchev–Trinajstić information content (AvgIpc) is 3.21. The molecule has 3 rings (SSSR count). The number of aryl methyl sites for hydroxylation is 3. The molecule has 0 aliphatic heterocycles. The van der Waals surface area contributed by atoms with Gasteiger partial charge in [0.2, 0.25) is 0 Å². The van der Waals surface area contributed by atoms with Gasteiger partial charge in [0, 0.05) is 30.2 Å². The normalized spacial score (nSPS) is 12.6. The van der Waals surface area contributed by atoms with Gasteiger partial charge in [-0.05, 0) is 55.6 Å². The van der Waals surface area contributed by atoms with Crippen LogP contribution in [0.3, 0.4) is 0 Å². The molecule has 3 N–H and O–H groups in total. The maximum atomic E-state index is 15.1. The summed E-state index contributed by atoms with van der Waals surface area (Å²) >= 11 is 0. The Morgan fingerprint density at radius 3 is 2.52 bits per heavy atom. The zero-order chi connectivity index (χ0) is 24.7. The summed E-state index contributed by atoms with van der Waals surface area (Å²) in [7, 11) is -0.212. The van der Waals surface area contributed by atoms with Crippen LogP contribution in [0.1, 0.15) is 54.6 Å². The molecule has 0 bridgehead atoms. The maximum absolute atomic E-state index is 15.1. The summed E-state index contributed by atoms with van der Waals surface area (Å²) in [5, 5.41) is 24.8. The third-order valence-corrected chi connectivity index (χ3v) is 11.4. The topological polar surface area (TPSA) is 100 Å². The first kappa shape index (κ1) is 25.1. The molecule has 3 aromatic rings. The van der Waals surface area contributed by atoms with Gasteiger partial charge in [-0.25, -0.2) is 9.18 Å². The third-order valence-electron chi connectivity index (χ3n) is 6.83. The molecule has 0 aliphatic carbocycles. The monoisotopic (exact) mass is 475 g/mol. The fourth-order valence-electron chi connectivity index (χ4n) is 3.99. The summed E-state index contributed by atoms with van der Waals surface area (Å²) in [6, 6.07) is 2.96. The van der Waals surface area contributed by atoms with Gasteiger partial charge < -0.3 is 19.6 Å². The highest BCUT2D eigenvalue weighted by atomic mass is 28.4. The maximum Gasteiger partial charge on any atom is 0.352 e. The quantitative estimate of drug-likeness (QED) is 0.309. The van der Waals surface area contributed by atoms with Gasteiger partial charge >= 0.3 is 5.97 Å². The largest absolute Gasteiger partial charge is 0.477 e. The number of nitrogens with zero attached hydrogens (tertiary/aromatic N) is 2. The molecule has 9 heteroatoms. The lowest BCUT2D eigenvalue weighted by Gasteiger charge is -2.36. The zero-order valence-corrected chi connectivity index (χ0v) is 21.5. The number of benzene rings is 1. The number of aromatic amines is 1. The lowest BCUT2D eigenvalue weighted by molar-refractivity contribution is 0.0690. The van der Waals surface area contributed by atoms with E-state index in [1.54, 1.807) is 20.0 Å². The van der Waals surface area contributed by atoms with E-state index in [-0.39, 0.29) is 22.9 Å². The standard InChI is InChI=1S/C24H34FN3O4Si/c1-14-19(18(13-29)28(5)27-14)20-17(25)11-10-16-15(22(23(30)31)26-21(16)20)9-8-12-32-33(6,7)24(2,3)4/h10-11,26,29H,8-9,12-13H2,1-7H3,(H,30,31). The minimum Gasteiger partial charge on any atom is -0.477 e. The summed E-state index contributed by atoms with van der Waals surface area (Å²) in [6.07, 6.45) is 1.14. The van der Waals surface area contributed by atoms with Crippen molar-refractivity contribution in [3.8, 4) is 11.1 Å². The molecule has 2 aromatic heterocycles. The number of H-pyrrole nitrogens is 1. The Morgan fingerprint density at radius 1 is 1.27 bits per heavy atom. The summed E-state index contributed by atoms with van der Waals surface area (Å²) in [4.78, 5) is 15.0. The molecule has 0 atom stereocenters. The molecule has 0 saturated heterocycles. The van der Waals surface area contributed by atoms with Crippen molar-refractivity contribution in [3.63, 3.8) is 0 Å². The fourth-order valence-corrected chi connectivity index (χ4v) is 5.07. The van der Waals surface area contributed by atoms with E-state index in [4.69, 9.17) is 4.43 Å². The van der Waals surface area contributed by atoms with E-state index in [0.717, 1.165) is 0 Å². The molecule has 0 unspecified atom stereocenters. The van der Waals surface area contributed by atoms with Crippen molar-refractivity contribution >= 4 is 25.2 Å². The highest BCUT2D eigenvalue weighted by Gasteiger charge is 2.37. The minimum absolute atomic E-state index is 0.0521. The predicted molar refractivity (Wildman–Crippen MR) is 130 cm³/mol. The van der Waals surface area contributed by atoms with E-state index in [2.05, 4.69) is 43.9 Å². The molecule has 0 aliphatic rings. The van der Waals surface area contributed by atoms with Gasteiger partial charge in [0.1, 0.15) is 11.5 Å². The fraction of sp³-hybridized carbons (Fsp3) is 0.500. The number of aliphatic hydroxyl groups is 1. The van der Waals surface area contributed by atoms with Crippen LogP contribution >= 0.6 is 0 Å². The van der Waals surface area contributed by atoms with Crippen molar-refractivity contribution in [2.24, 2.45) is 7.05 Å². The lowest BCUT2D eigenvalue weighted by Crippen LogP contribution is -2.41. The molecule has 33 heavy (non-hydrogen) atoms. The predicted octanol–water partition coefficient (Wildman–Crippen LogP) is 5.16. The highest BCUT2D eigenvalue weighted by Crippen LogP contribution is 2.39.